The van der Waals surface area contributed by atoms with Crippen LogP contribution in [0.3, 0.4) is 0 Å². The molecule has 0 saturated heterocycles. The summed E-state index contributed by atoms with van der Waals surface area (Å²) in [6, 6.07) is 0. The van der Waals surface area contributed by atoms with Crippen molar-refractivity contribution in [3.63, 3.8) is 0 Å². The molecule has 0 amide bonds. The molecule has 0 heterocycles. The van der Waals surface area contributed by atoms with Gasteiger partial charge in [-0.1, -0.05) is 265 Å². The second-order valence-corrected chi connectivity index (χ2v) is 19.0. The Kier molecular flexibility index (Phi) is 47.2. The van der Waals surface area contributed by atoms with Crippen LogP contribution < -0.4 is 0 Å². The van der Waals surface area contributed by atoms with E-state index in [9.17, 15) is 14.4 Å². The highest BCUT2D eigenvalue weighted by Crippen LogP contribution is 2.17. The molecule has 0 aliphatic carbocycles. The molecule has 0 fully saturated rings. The van der Waals surface area contributed by atoms with Gasteiger partial charge in [0.25, 0.3) is 0 Å². The van der Waals surface area contributed by atoms with Crippen molar-refractivity contribution < 1.29 is 28.6 Å². The van der Waals surface area contributed by atoms with E-state index in [2.05, 4.69) is 27.7 Å². The molecule has 0 aromatic rings. The topological polar surface area (TPSA) is 78.9 Å². The largest absolute Gasteiger partial charge is 0.462 e. The Morgan fingerprint density at radius 3 is 0.817 bits per heavy atom. The zero-order chi connectivity index (χ0) is 43.8. The highest BCUT2D eigenvalue weighted by molar-refractivity contribution is 5.71. The van der Waals surface area contributed by atoms with E-state index < -0.39 is 6.10 Å². The lowest BCUT2D eigenvalue weighted by Crippen LogP contribution is -2.30. The van der Waals surface area contributed by atoms with Crippen molar-refractivity contribution in [2.45, 2.75) is 310 Å². The van der Waals surface area contributed by atoms with Gasteiger partial charge in [0.2, 0.25) is 0 Å². The third kappa shape index (κ3) is 47.5. The predicted octanol–water partition coefficient (Wildman–Crippen LogP) is 17.5. The Morgan fingerprint density at radius 2 is 0.550 bits per heavy atom. The molecular formula is C54H104O6. The second kappa shape index (κ2) is 48.4. The Labute approximate surface area is 374 Å². The number of ether oxygens (including phenoxy) is 3. The van der Waals surface area contributed by atoms with E-state index in [-0.39, 0.29) is 31.1 Å². The van der Waals surface area contributed by atoms with Gasteiger partial charge in [-0.2, -0.15) is 0 Å². The number of carbonyl (C=O) groups is 3. The van der Waals surface area contributed by atoms with Gasteiger partial charge in [-0.25, -0.2) is 0 Å². The van der Waals surface area contributed by atoms with E-state index in [1.807, 2.05) is 0 Å². The maximum Gasteiger partial charge on any atom is 0.306 e. The zero-order valence-electron chi connectivity index (χ0n) is 40.9. The molecule has 0 aromatic carbocycles. The molecule has 1 atom stereocenters. The summed E-state index contributed by atoms with van der Waals surface area (Å²) < 4.78 is 16.8. The fourth-order valence-corrected chi connectivity index (χ4v) is 8.22. The van der Waals surface area contributed by atoms with Crippen molar-refractivity contribution in [2.24, 2.45) is 5.92 Å². The van der Waals surface area contributed by atoms with Crippen molar-refractivity contribution >= 4 is 17.9 Å². The number of carbonyl (C=O) groups excluding carboxylic acids is 3. The van der Waals surface area contributed by atoms with Gasteiger partial charge in [0.05, 0.1) is 0 Å². The Balaban J connectivity index is 4.17. The first-order valence-corrected chi connectivity index (χ1v) is 26.9. The third-order valence-corrected chi connectivity index (χ3v) is 12.3. The molecule has 0 bridgehead atoms. The third-order valence-electron chi connectivity index (χ3n) is 12.3. The van der Waals surface area contributed by atoms with Crippen LogP contribution in [-0.4, -0.2) is 37.2 Å². The van der Waals surface area contributed by atoms with Crippen LogP contribution >= 0.6 is 0 Å². The van der Waals surface area contributed by atoms with Gasteiger partial charge in [-0.3, -0.25) is 14.4 Å². The Morgan fingerprint density at radius 1 is 0.317 bits per heavy atom. The van der Waals surface area contributed by atoms with E-state index in [4.69, 9.17) is 14.2 Å². The van der Waals surface area contributed by atoms with Crippen LogP contribution in [0.5, 0.6) is 0 Å². The second-order valence-electron chi connectivity index (χ2n) is 19.0. The summed E-state index contributed by atoms with van der Waals surface area (Å²) in [4.78, 5) is 37.8. The van der Waals surface area contributed by atoms with E-state index in [1.54, 1.807) is 0 Å². The van der Waals surface area contributed by atoms with E-state index >= 15 is 0 Å². The van der Waals surface area contributed by atoms with Crippen LogP contribution in [0.1, 0.15) is 304 Å². The minimum atomic E-state index is -0.760. The lowest BCUT2D eigenvalue weighted by molar-refractivity contribution is -0.167. The summed E-state index contributed by atoms with van der Waals surface area (Å²) in [5.74, 6) is -0.00374. The highest BCUT2D eigenvalue weighted by atomic mass is 16.6. The molecule has 0 aromatic heterocycles. The molecule has 0 N–H and O–H groups in total. The Bertz CT molecular complexity index is 903. The average molecular weight is 849 g/mol. The van der Waals surface area contributed by atoms with E-state index in [0.29, 0.717) is 19.3 Å². The Hall–Kier alpha value is -1.59. The van der Waals surface area contributed by atoms with Crippen LogP contribution in [0, 0.1) is 5.92 Å². The van der Waals surface area contributed by atoms with E-state index in [0.717, 1.165) is 63.7 Å². The normalized spacial score (nSPS) is 11.9. The molecule has 0 spiro atoms. The van der Waals surface area contributed by atoms with Crippen molar-refractivity contribution in [3.05, 3.63) is 0 Å². The number of rotatable bonds is 49. The number of unbranched alkanes of at least 4 members (excludes halogenated alkanes) is 36. The summed E-state index contributed by atoms with van der Waals surface area (Å²) in [6.07, 6.45) is 51.1. The quantitative estimate of drug-likeness (QED) is 0.0345. The maximum absolute atomic E-state index is 12.8. The van der Waals surface area contributed by atoms with E-state index in [1.165, 1.54) is 199 Å². The van der Waals surface area contributed by atoms with Crippen molar-refractivity contribution in [1.82, 2.24) is 0 Å². The monoisotopic (exact) mass is 849 g/mol. The lowest BCUT2D eigenvalue weighted by atomic mass is 10.0. The van der Waals surface area contributed by atoms with Gasteiger partial charge < -0.3 is 14.2 Å². The fraction of sp³-hybridized carbons (Fsp3) is 0.944. The molecule has 0 rings (SSSR count). The van der Waals surface area contributed by atoms with Gasteiger partial charge >= 0.3 is 17.9 Å². The molecule has 0 aliphatic heterocycles. The molecule has 0 aliphatic rings. The molecule has 356 valence electrons. The summed E-state index contributed by atoms with van der Waals surface area (Å²) in [6.45, 7) is 9.01. The number of hydrogen-bond donors (Lipinski definition) is 0. The SMILES string of the molecule is CCCCCCCCCCCCCCCCCCCCC(=O)O[C@@H](COC(=O)CCCCCCCCC)COC(=O)CCCCCCCCCCCCCCCCC(C)C. The first-order valence-electron chi connectivity index (χ1n) is 26.9. The zero-order valence-corrected chi connectivity index (χ0v) is 40.9. The number of hydrogen-bond acceptors (Lipinski definition) is 6. The smallest absolute Gasteiger partial charge is 0.306 e. The molecule has 6 nitrogen and oxygen atoms in total. The fourth-order valence-electron chi connectivity index (χ4n) is 8.22. The van der Waals surface area contributed by atoms with Crippen molar-refractivity contribution in [2.75, 3.05) is 13.2 Å². The van der Waals surface area contributed by atoms with Crippen LogP contribution in [0.15, 0.2) is 0 Å². The van der Waals surface area contributed by atoms with Gasteiger partial charge in [-0.15, -0.1) is 0 Å². The summed E-state index contributed by atoms with van der Waals surface area (Å²) in [5.41, 5.74) is 0. The standard InChI is InChI=1S/C54H104O6/c1-5-7-9-11-13-14-15-16-17-18-19-20-25-28-31-35-39-43-47-54(57)60-51(48-58-52(55)45-41-37-32-12-10-8-6-2)49-59-53(56)46-42-38-34-30-27-24-22-21-23-26-29-33-36-40-44-50(3)4/h50-51H,5-49H2,1-4H3/t51-/m0/s1. The molecule has 0 radical (unpaired) electrons. The van der Waals surface area contributed by atoms with Gasteiger partial charge in [0, 0.05) is 19.3 Å². The number of esters is 3. The minimum Gasteiger partial charge on any atom is -0.462 e. The molecular weight excluding hydrogens is 745 g/mol. The average Bonchev–Trinajstić information content (AvgIpc) is 3.23. The molecule has 0 unspecified atom stereocenters. The first kappa shape index (κ1) is 58.4. The lowest BCUT2D eigenvalue weighted by Gasteiger charge is -2.18. The maximum atomic E-state index is 12.8. The molecule has 0 saturated carbocycles. The van der Waals surface area contributed by atoms with Crippen LogP contribution in [0.2, 0.25) is 0 Å². The summed E-state index contributed by atoms with van der Waals surface area (Å²) in [7, 11) is 0. The molecule has 60 heavy (non-hydrogen) atoms. The highest BCUT2D eigenvalue weighted by Gasteiger charge is 2.19. The van der Waals surface area contributed by atoms with Gasteiger partial charge in [-0.05, 0) is 25.2 Å². The van der Waals surface area contributed by atoms with Crippen LogP contribution in [0.4, 0.5) is 0 Å². The van der Waals surface area contributed by atoms with Gasteiger partial charge in [0.15, 0.2) is 6.10 Å². The van der Waals surface area contributed by atoms with Crippen LogP contribution in [-0.2, 0) is 28.6 Å². The van der Waals surface area contributed by atoms with Crippen molar-refractivity contribution in [1.29, 1.82) is 0 Å². The molecule has 6 heteroatoms. The summed E-state index contributed by atoms with van der Waals surface area (Å²) >= 11 is 0. The van der Waals surface area contributed by atoms with Crippen molar-refractivity contribution in [3.8, 4) is 0 Å². The van der Waals surface area contributed by atoms with Crippen LogP contribution in [0.25, 0.3) is 0 Å². The first-order chi connectivity index (χ1) is 29.4. The minimum absolute atomic E-state index is 0.0630. The summed E-state index contributed by atoms with van der Waals surface area (Å²) in [5, 5.41) is 0. The predicted molar refractivity (Wildman–Crippen MR) is 257 cm³/mol. The van der Waals surface area contributed by atoms with Gasteiger partial charge in [0.1, 0.15) is 13.2 Å².